The van der Waals surface area contributed by atoms with Crippen molar-refractivity contribution in [3.8, 4) is 5.75 Å². The Kier molecular flexibility index (Phi) is 6.12. The molecule has 2 amide bonds. The molecule has 7 rings (SSSR count). The van der Waals surface area contributed by atoms with Crippen LogP contribution in [0.25, 0.3) is 0 Å². The standard InChI is InChI=1S/C29H25FN2O6S2/c1-2-37-19(33)12-38-16-5-3-4-13(10-16)20-21-17-11-18(24(21)39-26-25(20)40-29(36)31-26)23-22(17)27(34)32(28(23)35)15-8-6-14(30)7-9-15/h3-10,17-18,20-24H,2,11-12H2,1H3,(H,31,36)/t17-,18-,20-,21?,22?,23?,24?/m1/s1. The first-order chi connectivity index (χ1) is 19.4. The van der Waals surface area contributed by atoms with Gasteiger partial charge < -0.3 is 14.5 Å². The third-order valence-electron chi connectivity index (χ3n) is 8.69. The minimum Gasteiger partial charge on any atom is -0.482 e. The lowest BCUT2D eigenvalue weighted by molar-refractivity contribution is -0.145. The normalized spacial score (nSPS) is 29.8. The molecule has 2 aliphatic heterocycles. The Labute approximate surface area is 236 Å². The highest BCUT2D eigenvalue weighted by atomic mass is 32.2. The molecule has 40 heavy (non-hydrogen) atoms. The quantitative estimate of drug-likeness (QED) is 0.344. The summed E-state index contributed by atoms with van der Waals surface area (Å²) in [4.78, 5) is 56.8. The van der Waals surface area contributed by atoms with Gasteiger partial charge in [0.1, 0.15) is 11.6 Å². The fourth-order valence-corrected chi connectivity index (χ4v) is 10.3. The topological polar surface area (TPSA) is 106 Å². The number of nitrogens with one attached hydrogen (secondary N) is 1. The number of benzene rings is 2. The number of thiazole rings is 1. The monoisotopic (exact) mass is 580 g/mol. The molecule has 2 saturated carbocycles. The van der Waals surface area contributed by atoms with E-state index in [0.29, 0.717) is 11.4 Å². The Bertz CT molecular complexity index is 1590. The lowest BCUT2D eigenvalue weighted by Crippen LogP contribution is -2.42. The molecule has 0 radical (unpaired) electrons. The lowest BCUT2D eigenvalue weighted by Gasteiger charge is -2.43. The van der Waals surface area contributed by atoms with E-state index in [-0.39, 0.29) is 58.8 Å². The van der Waals surface area contributed by atoms with Gasteiger partial charge in [0.25, 0.3) is 0 Å². The average molecular weight is 581 g/mol. The van der Waals surface area contributed by atoms with Crippen LogP contribution in [0.2, 0.25) is 0 Å². The number of carbonyl (C=O) groups excluding carboxylic acids is 3. The summed E-state index contributed by atoms with van der Waals surface area (Å²) in [6.45, 7) is 1.79. The number of imide groups is 1. The number of fused-ring (bicyclic) bond motifs is 9. The third kappa shape index (κ3) is 3.85. The van der Waals surface area contributed by atoms with Crippen molar-refractivity contribution in [2.24, 2.45) is 29.6 Å². The van der Waals surface area contributed by atoms with Crippen LogP contribution in [-0.4, -0.2) is 41.2 Å². The minimum absolute atomic E-state index is 0.0193. The molecule has 8 nitrogen and oxygen atoms in total. The summed E-state index contributed by atoms with van der Waals surface area (Å²) in [5.41, 5.74) is 1.33. The van der Waals surface area contributed by atoms with Crippen molar-refractivity contribution in [1.29, 1.82) is 0 Å². The van der Waals surface area contributed by atoms with Crippen LogP contribution < -0.4 is 14.5 Å². The summed E-state index contributed by atoms with van der Waals surface area (Å²) in [6.07, 6.45) is 0.765. The fraction of sp³-hybridized carbons (Fsp3) is 0.379. The van der Waals surface area contributed by atoms with E-state index in [1.54, 1.807) is 24.8 Å². The number of hydrogen-bond donors (Lipinski definition) is 1. The molecule has 0 spiro atoms. The Morgan fingerprint density at radius 1 is 1.07 bits per heavy atom. The number of ether oxygens (including phenoxy) is 2. The van der Waals surface area contributed by atoms with Gasteiger partial charge in [0.2, 0.25) is 11.8 Å². The van der Waals surface area contributed by atoms with E-state index in [4.69, 9.17) is 9.47 Å². The van der Waals surface area contributed by atoms with E-state index in [1.165, 1.54) is 40.5 Å². The lowest BCUT2D eigenvalue weighted by atomic mass is 9.68. The van der Waals surface area contributed by atoms with Crippen molar-refractivity contribution in [1.82, 2.24) is 4.98 Å². The molecule has 4 unspecified atom stereocenters. The number of halogens is 1. The van der Waals surface area contributed by atoms with Crippen LogP contribution in [0.4, 0.5) is 10.1 Å². The number of thioether (sulfide) groups is 1. The number of rotatable bonds is 6. The first-order valence-corrected chi connectivity index (χ1v) is 15.0. The Morgan fingerprint density at radius 3 is 2.58 bits per heavy atom. The van der Waals surface area contributed by atoms with Crippen LogP contribution in [0.15, 0.2) is 58.4 Å². The molecule has 1 N–H and O–H groups in total. The number of H-pyrrole nitrogens is 1. The van der Waals surface area contributed by atoms with Crippen molar-refractivity contribution in [3.05, 3.63) is 74.5 Å². The summed E-state index contributed by atoms with van der Waals surface area (Å²) < 4.78 is 24.3. The molecule has 11 heteroatoms. The van der Waals surface area contributed by atoms with Crippen LogP contribution in [0.3, 0.4) is 0 Å². The van der Waals surface area contributed by atoms with Gasteiger partial charge in [-0.1, -0.05) is 23.5 Å². The van der Waals surface area contributed by atoms with Gasteiger partial charge in [0.05, 0.1) is 29.2 Å². The summed E-state index contributed by atoms with van der Waals surface area (Å²) >= 11 is 2.80. The molecule has 7 atom stereocenters. The van der Waals surface area contributed by atoms with Crippen molar-refractivity contribution in [2.75, 3.05) is 18.1 Å². The number of aromatic amines is 1. The zero-order valence-electron chi connectivity index (χ0n) is 21.4. The second kappa shape index (κ2) is 9.59. The van der Waals surface area contributed by atoms with Crippen LogP contribution in [0.1, 0.15) is 29.7 Å². The van der Waals surface area contributed by atoms with Crippen LogP contribution in [0.5, 0.6) is 5.75 Å². The van der Waals surface area contributed by atoms with Crippen molar-refractivity contribution in [3.63, 3.8) is 0 Å². The number of hydrogen-bond acceptors (Lipinski definition) is 8. The maximum Gasteiger partial charge on any atom is 0.344 e. The van der Waals surface area contributed by atoms with Crippen LogP contribution in [0, 0.1) is 35.4 Å². The van der Waals surface area contributed by atoms with Gasteiger partial charge >= 0.3 is 10.8 Å². The predicted octanol–water partition coefficient (Wildman–Crippen LogP) is 4.20. The molecule has 1 aromatic heterocycles. The molecule has 3 heterocycles. The summed E-state index contributed by atoms with van der Waals surface area (Å²) in [5.74, 6) is -1.90. The second-order valence-corrected chi connectivity index (χ2v) is 12.8. The number of aromatic nitrogens is 1. The van der Waals surface area contributed by atoms with Gasteiger partial charge in [-0.05, 0) is 73.1 Å². The van der Waals surface area contributed by atoms with E-state index in [2.05, 4.69) is 4.98 Å². The van der Waals surface area contributed by atoms with Crippen molar-refractivity contribution in [2.45, 2.75) is 29.5 Å². The summed E-state index contributed by atoms with van der Waals surface area (Å²) in [5, 5.41) is 0.860. The molecule has 4 aliphatic rings. The van der Waals surface area contributed by atoms with Crippen molar-refractivity contribution < 1.29 is 28.2 Å². The molecule has 206 valence electrons. The third-order valence-corrected chi connectivity index (χ3v) is 11.3. The second-order valence-electron chi connectivity index (χ2n) is 10.6. The van der Waals surface area contributed by atoms with Gasteiger partial charge in [0, 0.05) is 16.0 Å². The van der Waals surface area contributed by atoms with Crippen LogP contribution >= 0.6 is 23.1 Å². The first kappa shape index (κ1) is 25.5. The fourth-order valence-electron chi connectivity index (χ4n) is 7.38. The Hall–Kier alpha value is -3.44. The number of nitrogens with zero attached hydrogens (tertiary/aromatic N) is 1. The first-order valence-electron chi connectivity index (χ1n) is 13.3. The van der Waals surface area contributed by atoms with E-state index in [0.717, 1.165) is 21.9 Å². The van der Waals surface area contributed by atoms with Gasteiger partial charge in [-0.2, -0.15) is 0 Å². The van der Waals surface area contributed by atoms with E-state index in [1.807, 2.05) is 18.2 Å². The van der Waals surface area contributed by atoms with Crippen LogP contribution in [-0.2, 0) is 19.1 Å². The largest absolute Gasteiger partial charge is 0.482 e. The summed E-state index contributed by atoms with van der Waals surface area (Å²) in [7, 11) is 0. The maximum atomic E-state index is 13.8. The van der Waals surface area contributed by atoms with E-state index in [9.17, 15) is 23.6 Å². The van der Waals surface area contributed by atoms with Gasteiger partial charge in [-0.25, -0.2) is 9.18 Å². The predicted molar refractivity (Wildman–Crippen MR) is 146 cm³/mol. The molecule has 1 saturated heterocycles. The number of anilines is 1. The molecular formula is C29H25FN2O6S2. The molecule has 2 aromatic carbocycles. The number of carbonyl (C=O) groups is 3. The highest BCUT2D eigenvalue weighted by molar-refractivity contribution is 8.00. The van der Waals surface area contributed by atoms with Crippen molar-refractivity contribution >= 4 is 46.6 Å². The SMILES string of the molecule is CCOC(=O)COc1cccc([C@H]2c3sc(=O)[nH]c3SC3C2[C@H]2C[C@@H]3C3C(=O)N(c4ccc(F)cc4)C(=O)C32)c1. The van der Waals surface area contributed by atoms with Gasteiger partial charge in [0.15, 0.2) is 6.61 Å². The zero-order valence-corrected chi connectivity index (χ0v) is 23.0. The zero-order chi connectivity index (χ0) is 27.7. The molecule has 2 aliphatic carbocycles. The number of esters is 1. The molecule has 2 bridgehead atoms. The molecule has 3 aromatic rings. The maximum absolute atomic E-state index is 13.8. The Balaban J connectivity index is 1.25. The highest BCUT2D eigenvalue weighted by Gasteiger charge is 2.69. The minimum atomic E-state index is -0.456. The highest BCUT2D eigenvalue weighted by Crippen LogP contribution is 2.68. The van der Waals surface area contributed by atoms with Gasteiger partial charge in [-0.3, -0.25) is 19.3 Å². The van der Waals surface area contributed by atoms with E-state index < -0.39 is 23.6 Å². The molecular weight excluding hydrogens is 555 g/mol. The average Bonchev–Trinajstić information content (AvgIpc) is 3.67. The number of amides is 2. The van der Waals surface area contributed by atoms with Gasteiger partial charge in [-0.15, -0.1) is 11.8 Å². The molecule has 3 fully saturated rings. The Morgan fingerprint density at radius 2 is 1.82 bits per heavy atom. The smallest absolute Gasteiger partial charge is 0.344 e. The summed E-state index contributed by atoms with van der Waals surface area (Å²) in [6, 6.07) is 13.0. The van der Waals surface area contributed by atoms with E-state index >= 15 is 0 Å².